The summed E-state index contributed by atoms with van der Waals surface area (Å²) in [4.78, 5) is 6.70. The number of methoxy groups -OCH3 is 1. The smallest absolute Gasteiger partial charge is 0.194 e. The number of hydrogen-bond donors (Lipinski definition) is 0. The van der Waals surface area contributed by atoms with E-state index in [2.05, 4.69) is 48.4 Å². The molecule has 104 valence electrons. The summed E-state index contributed by atoms with van der Waals surface area (Å²) in [6.45, 7) is 6.53. The topological polar surface area (TPSA) is 26.5 Å². The second-order valence-electron chi connectivity index (χ2n) is 5.20. The van der Waals surface area contributed by atoms with Crippen LogP contribution in [0.2, 0.25) is 0 Å². The predicted molar refractivity (Wildman–Crippen MR) is 83.9 cm³/mol. The van der Waals surface area contributed by atoms with Gasteiger partial charge in [-0.3, -0.25) is 4.40 Å². The Hall–Kier alpha value is -1.81. The first kappa shape index (κ1) is 13.2. The van der Waals surface area contributed by atoms with Crippen molar-refractivity contribution in [1.29, 1.82) is 0 Å². The number of imidazole rings is 1. The number of nitrogens with zero attached hydrogens (tertiary/aromatic N) is 2. The summed E-state index contributed by atoms with van der Waals surface area (Å²) >= 11 is 1.73. The van der Waals surface area contributed by atoms with Gasteiger partial charge in [-0.15, -0.1) is 11.3 Å². The first-order valence-electron chi connectivity index (χ1n) is 6.72. The number of rotatable bonds is 3. The van der Waals surface area contributed by atoms with E-state index >= 15 is 0 Å². The summed E-state index contributed by atoms with van der Waals surface area (Å²) in [6.07, 6.45) is 3.87. The Morgan fingerprint density at radius 3 is 2.80 bits per heavy atom. The van der Waals surface area contributed by atoms with Crippen molar-refractivity contribution in [2.75, 3.05) is 7.11 Å². The van der Waals surface area contributed by atoms with Gasteiger partial charge in [0.2, 0.25) is 0 Å². The maximum Gasteiger partial charge on any atom is 0.194 e. The third kappa shape index (κ3) is 2.00. The molecule has 3 rings (SSSR count). The van der Waals surface area contributed by atoms with Crippen LogP contribution in [0.4, 0.5) is 0 Å². The molecule has 0 bridgehead atoms. The van der Waals surface area contributed by atoms with E-state index in [0.717, 1.165) is 10.7 Å². The largest absolute Gasteiger partial charge is 0.496 e. The fraction of sp³-hybridized carbons (Fsp3) is 0.312. The molecule has 1 aromatic carbocycles. The normalized spacial score (nSPS) is 11.4. The molecule has 4 heteroatoms. The SMILES string of the molecule is COc1ccc(-c2c(C)sc3nccn23)cc1C(C)C. The molecule has 0 fully saturated rings. The molecule has 0 aliphatic heterocycles. The van der Waals surface area contributed by atoms with Gasteiger partial charge in [-0.05, 0) is 36.6 Å². The molecule has 20 heavy (non-hydrogen) atoms. The fourth-order valence-electron chi connectivity index (χ4n) is 2.57. The Morgan fingerprint density at radius 2 is 2.10 bits per heavy atom. The van der Waals surface area contributed by atoms with Gasteiger partial charge in [-0.2, -0.15) is 0 Å². The number of aromatic nitrogens is 2. The van der Waals surface area contributed by atoms with Crippen molar-refractivity contribution >= 4 is 16.3 Å². The van der Waals surface area contributed by atoms with Crippen molar-refractivity contribution < 1.29 is 4.74 Å². The van der Waals surface area contributed by atoms with Gasteiger partial charge < -0.3 is 4.74 Å². The van der Waals surface area contributed by atoms with Crippen molar-refractivity contribution in [3.05, 3.63) is 41.0 Å². The lowest BCUT2D eigenvalue weighted by molar-refractivity contribution is 0.407. The molecule has 3 nitrogen and oxygen atoms in total. The van der Waals surface area contributed by atoms with Gasteiger partial charge in [-0.1, -0.05) is 13.8 Å². The van der Waals surface area contributed by atoms with Gasteiger partial charge in [0.05, 0.1) is 12.8 Å². The molecular formula is C16H18N2OS. The Labute approximate surface area is 122 Å². The number of ether oxygens (including phenoxy) is 1. The summed E-state index contributed by atoms with van der Waals surface area (Å²) in [5, 5.41) is 0. The van der Waals surface area contributed by atoms with Crippen LogP contribution in [0.5, 0.6) is 5.75 Å². The highest BCUT2D eigenvalue weighted by Gasteiger charge is 2.14. The van der Waals surface area contributed by atoms with Crippen molar-refractivity contribution in [1.82, 2.24) is 9.38 Å². The number of thiazole rings is 1. The molecule has 0 aliphatic rings. The van der Waals surface area contributed by atoms with Crippen LogP contribution < -0.4 is 4.74 Å². The van der Waals surface area contributed by atoms with Crippen LogP contribution >= 0.6 is 11.3 Å². The Balaban J connectivity index is 2.21. The quantitative estimate of drug-likeness (QED) is 0.708. The standard InChI is InChI=1S/C16H18N2OS/c1-10(2)13-9-12(5-6-14(13)19-4)15-11(3)20-16-17-7-8-18(15)16/h5-10H,1-4H3. The molecule has 0 radical (unpaired) electrons. The summed E-state index contributed by atoms with van der Waals surface area (Å²) in [5.41, 5.74) is 3.69. The molecule has 0 aliphatic carbocycles. The van der Waals surface area contributed by atoms with Gasteiger partial charge in [0.25, 0.3) is 0 Å². The average Bonchev–Trinajstić information content (AvgIpc) is 2.97. The van der Waals surface area contributed by atoms with Crippen LogP contribution in [0.15, 0.2) is 30.6 Å². The molecule has 2 heterocycles. The second-order valence-corrected chi connectivity index (χ2v) is 6.38. The molecule has 0 N–H and O–H groups in total. The highest BCUT2D eigenvalue weighted by molar-refractivity contribution is 7.17. The summed E-state index contributed by atoms with van der Waals surface area (Å²) in [5.74, 6) is 1.39. The summed E-state index contributed by atoms with van der Waals surface area (Å²) < 4.78 is 7.62. The Bertz CT molecular complexity index is 755. The number of hydrogen-bond acceptors (Lipinski definition) is 3. The number of benzene rings is 1. The van der Waals surface area contributed by atoms with Gasteiger partial charge >= 0.3 is 0 Å². The molecule has 3 aromatic rings. The lowest BCUT2D eigenvalue weighted by Gasteiger charge is -2.13. The second kappa shape index (κ2) is 4.94. The van der Waals surface area contributed by atoms with E-state index in [1.165, 1.54) is 21.7 Å². The maximum atomic E-state index is 5.47. The van der Waals surface area contributed by atoms with Gasteiger partial charge in [-0.25, -0.2) is 4.98 Å². The zero-order chi connectivity index (χ0) is 14.3. The van der Waals surface area contributed by atoms with Gasteiger partial charge in [0.15, 0.2) is 4.96 Å². The molecule has 0 saturated carbocycles. The third-order valence-electron chi connectivity index (χ3n) is 3.55. The van der Waals surface area contributed by atoms with E-state index in [-0.39, 0.29) is 0 Å². The predicted octanol–water partition coefficient (Wildman–Crippen LogP) is 4.50. The summed E-state index contributed by atoms with van der Waals surface area (Å²) in [7, 11) is 1.73. The Kier molecular flexibility index (Phi) is 3.26. The monoisotopic (exact) mass is 286 g/mol. The molecule has 0 atom stereocenters. The van der Waals surface area contributed by atoms with E-state index in [9.17, 15) is 0 Å². The van der Waals surface area contributed by atoms with Crippen LogP contribution in [0.25, 0.3) is 16.2 Å². The first-order valence-corrected chi connectivity index (χ1v) is 7.54. The zero-order valence-electron chi connectivity index (χ0n) is 12.2. The van der Waals surface area contributed by atoms with Gasteiger partial charge in [0, 0.05) is 22.8 Å². The lowest BCUT2D eigenvalue weighted by Crippen LogP contribution is -1.96. The van der Waals surface area contributed by atoms with Crippen molar-refractivity contribution in [2.45, 2.75) is 26.7 Å². The Morgan fingerprint density at radius 1 is 1.30 bits per heavy atom. The molecule has 0 amide bonds. The zero-order valence-corrected chi connectivity index (χ0v) is 13.0. The van der Waals surface area contributed by atoms with E-state index in [1.54, 1.807) is 18.4 Å². The molecule has 2 aromatic heterocycles. The summed E-state index contributed by atoms with van der Waals surface area (Å²) in [6, 6.07) is 6.42. The highest BCUT2D eigenvalue weighted by atomic mass is 32.1. The van der Waals surface area contributed by atoms with Gasteiger partial charge in [0.1, 0.15) is 5.75 Å². The maximum absolute atomic E-state index is 5.47. The van der Waals surface area contributed by atoms with Crippen LogP contribution in [0, 0.1) is 6.92 Å². The lowest BCUT2D eigenvalue weighted by atomic mass is 9.98. The van der Waals surface area contributed by atoms with Crippen molar-refractivity contribution in [3.63, 3.8) is 0 Å². The molecule has 0 saturated heterocycles. The number of fused-ring (bicyclic) bond motifs is 1. The van der Waals surface area contributed by atoms with Crippen LogP contribution in [0.3, 0.4) is 0 Å². The minimum absolute atomic E-state index is 0.433. The first-order chi connectivity index (χ1) is 9.61. The minimum atomic E-state index is 0.433. The third-order valence-corrected chi connectivity index (χ3v) is 4.53. The van der Waals surface area contributed by atoms with Crippen LogP contribution in [-0.4, -0.2) is 16.5 Å². The van der Waals surface area contributed by atoms with E-state index in [4.69, 9.17) is 4.74 Å². The van der Waals surface area contributed by atoms with Crippen LogP contribution in [0.1, 0.15) is 30.2 Å². The fourth-order valence-corrected chi connectivity index (χ4v) is 3.52. The van der Waals surface area contributed by atoms with Crippen molar-refractivity contribution in [3.8, 4) is 17.0 Å². The molecular weight excluding hydrogens is 268 g/mol. The van der Waals surface area contributed by atoms with E-state index in [1.807, 2.05) is 12.4 Å². The van der Waals surface area contributed by atoms with Crippen LogP contribution in [-0.2, 0) is 0 Å². The highest BCUT2D eigenvalue weighted by Crippen LogP contribution is 2.35. The van der Waals surface area contributed by atoms with E-state index < -0.39 is 0 Å². The number of aryl methyl sites for hydroxylation is 1. The molecule has 0 spiro atoms. The minimum Gasteiger partial charge on any atom is -0.496 e. The average molecular weight is 286 g/mol. The van der Waals surface area contributed by atoms with Crippen molar-refractivity contribution in [2.24, 2.45) is 0 Å². The van der Waals surface area contributed by atoms with E-state index in [0.29, 0.717) is 5.92 Å². The molecule has 0 unspecified atom stereocenters.